The van der Waals surface area contributed by atoms with Crippen LogP contribution in [0, 0.1) is 6.92 Å². The summed E-state index contributed by atoms with van der Waals surface area (Å²) in [6.45, 7) is 8.64. The van der Waals surface area contributed by atoms with Crippen LogP contribution in [0.25, 0.3) is 17.3 Å². The summed E-state index contributed by atoms with van der Waals surface area (Å²) in [5.41, 5.74) is 3.88. The van der Waals surface area contributed by atoms with Crippen LogP contribution in [0.15, 0.2) is 76.5 Å². The van der Waals surface area contributed by atoms with Gasteiger partial charge in [0.15, 0.2) is 10.9 Å². The molecule has 1 aliphatic rings. The molecule has 0 atom stereocenters. The number of furan rings is 1. The molecule has 0 spiro atoms. The van der Waals surface area contributed by atoms with Crippen molar-refractivity contribution >= 4 is 17.7 Å². The Morgan fingerprint density at radius 2 is 1.74 bits per heavy atom. The Hall–Kier alpha value is -3.36. The maximum absolute atomic E-state index is 13.4. The van der Waals surface area contributed by atoms with Gasteiger partial charge in [-0.25, -0.2) is 0 Å². The third-order valence-electron chi connectivity index (χ3n) is 6.44. The number of nitrogens with zero attached hydrogens (tertiary/aromatic N) is 5. The average Bonchev–Trinajstić information content (AvgIpc) is 3.58. The number of amides is 1. The van der Waals surface area contributed by atoms with Gasteiger partial charge >= 0.3 is 0 Å². The van der Waals surface area contributed by atoms with E-state index in [1.807, 2.05) is 58.0 Å². The van der Waals surface area contributed by atoms with Gasteiger partial charge < -0.3 is 14.2 Å². The van der Waals surface area contributed by atoms with Crippen LogP contribution in [-0.2, 0) is 5.75 Å². The highest BCUT2D eigenvalue weighted by Gasteiger charge is 2.24. The van der Waals surface area contributed by atoms with E-state index in [1.165, 1.54) is 0 Å². The molecule has 3 heterocycles. The van der Waals surface area contributed by atoms with Crippen LogP contribution in [-0.4, -0.2) is 63.2 Å². The van der Waals surface area contributed by atoms with E-state index in [9.17, 15) is 4.79 Å². The lowest BCUT2D eigenvalue weighted by Gasteiger charge is -2.34. The molecule has 1 saturated heterocycles. The van der Waals surface area contributed by atoms with Crippen molar-refractivity contribution in [3.63, 3.8) is 0 Å². The summed E-state index contributed by atoms with van der Waals surface area (Å²) < 4.78 is 7.68. The smallest absolute Gasteiger partial charge is 0.254 e. The number of hydrogen-bond acceptors (Lipinski definition) is 6. The van der Waals surface area contributed by atoms with Gasteiger partial charge in [0.05, 0.1) is 12.0 Å². The average molecular weight is 488 g/mol. The molecular weight excluding hydrogens is 458 g/mol. The molecule has 35 heavy (non-hydrogen) atoms. The molecule has 5 rings (SSSR count). The Morgan fingerprint density at radius 1 is 0.971 bits per heavy atom. The third-order valence-corrected chi connectivity index (χ3v) is 7.42. The normalized spacial score (nSPS) is 14.4. The second kappa shape index (κ2) is 10.5. The summed E-state index contributed by atoms with van der Waals surface area (Å²) in [7, 11) is 0. The number of aryl methyl sites for hydroxylation is 1. The number of hydrogen-bond donors (Lipinski definition) is 0. The van der Waals surface area contributed by atoms with Crippen molar-refractivity contribution in [3.05, 3.63) is 83.6 Å². The number of para-hydroxylation sites is 1. The van der Waals surface area contributed by atoms with Crippen LogP contribution >= 0.6 is 11.8 Å². The fourth-order valence-corrected chi connectivity index (χ4v) is 5.34. The third kappa shape index (κ3) is 4.90. The van der Waals surface area contributed by atoms with E-state index < -0.39 is 0 Å². The van der Waals surface area contributed by atoms with Crippen LogP contribution in [0.4, 0.5) is 0 Å². The number of carbonyl (C=O) groups excluding carboxylic acids is 1. The van der Waals surface area contributed by atoms with Gasteiger partial charge in [-0.1, -0.05) is 55.1 Å². The van der Waals surface area contributed by atoms with Gasteiger partial charge in [-0.15, -0.1) is 10.2 Å². The van der Waals surface area contributed by atoms with Crippen LogP contribution in [0.1, 0.15) is 28.4 Å². The van der Waals surface area contributed by atoms with Crippen LogP contribution < -0.4 is 0 Å². The van der Waals surface area contributed by atoms with Crippen LogP contribution in [0.5, 0.6) is 0 Å². The quantitative estimate of drug-likeness (QED) is 0.345. The number of piperazine rings is 1. The molecule has 4 aromatic rings. The number of likely N-dealkylation sites (N-methyl/N-ethyl adjacent to an activating group) is 1. The largest absolute Gasteiger partial charge is 0.461 e. The number of carbonyl (C=O) groups is 1. The number of benzene rings is 2. The Balaban J connectivity index is 1.41. The second-order valence-electron chi connectivity index (χ2n) is 8.58. The zero-order chi connectivity index (χ0) is 24.2. The fraction of sp³-hybridized carbons (Fsp3) is 0.296. The molecule has 8 heteroatoms. The Bertz CT molecular complexity index is 1290. The highest BCUT2D eigenvalue weighted by atomic mass is 32.2. The molecule has 0 radical (unpaired) electrons. The van der Waals surface area contributed by atoms with Crippen molar-refractivity contribution < 1.29 is 9.21 Å². The summed E-state index contributed by atoms with van der Waals surface area (Å²) >= 11 is 1.57. The van der Waals surface area contributed by atoms with Crippen molar-refractivity contribution in [2.75, 3.05) is 32.7 Å². The molecule has 0 unspecified atom stereocenters. The number of aromatic nitrogens is 3. The summed E-state index contributed by atoms with van der Waals surface area (Å²) in [5.74, 6) is 2.03. The van der Waals surface area contributed by atoms with Gasteiger partial charge in [-0.05, 0) is 48.9 Å². The lowest BCUT2D eigenvalue weighted by atomic mass is 10.1. The number of rotatable bonds is 7. The lowest BCUT2D eigenvalue weighted by Crippen LogP contribution is -2.48. The minimum Gasteiger partial charge on any atom is -0.461 e. The molecular formula is C27H29N5O2S. The molecule has 180 valence electrons. The van der Waals surface area contributed by atoms with Crippen LogP contribution in [0.2, 0.25) is 0 Å². The molecule has 2 aromatic carbocycles. The van der Waals surface area contributed by atoms with Crippen molar-refractivity contribution in [1.82, 2.24) is 24.6 Å². The van der Waals surface area contributed by atoms with E-state index in [2.05, 4.69) is 41.1 Å². The summed E-state index contributed by atoms with van der Waals surface area (Å²) in [6.07, 6.45) is 1.64. The Labute approximate surface area is 209 Å². The molecule has 0 aliphatic carbocycles. The summed E-state index contributed by atoms with van der Waals surface area (Å²) in [4.78, 5) is 17.7. The predicted molar refractivity (Wildman–Crippen MR) is 138 cm³/mol. The molecule has 0 bridgehead atoms. The van der Waals surface area contributed by atoms with Gasteiger partial charge in [-0.3, -0.25) is 9.36 Å². The first-order valence-electron chi connectivity index (χ1n) is 11.9. The van der Waals surface area contributed by atoms with E-state index in [1.54, 1.807) is 18.0 Å². The molecule has 1 aliphatic heterocycles. The molecule has 7 nitrogen and oxygen atoms in total. The van der Waals surface area contributed by atoms with Crippen molar-refractivity contribution in [2.24, 2.45) is 0 Å². The molecule has 1 fully saturated rings. The van der Waals surface area contributed by atoms with Crippen molar-refractivity contribution in [3.8, 4) is 17.3 Å². The van der Waals surface area contributed by atoms with E-state index in [0.717, 1.165) is 60.3 Å². The van der Waals surface area contributed by atoms with E-state index in [4.69, 9.17) is 4.42 Å². The minimum atomic E-state index is 0.105. The van der Waals surface area contributed by atoms with Gasteiger partial charge in [0.2, 0.25) is 5.82 Å². The summed E-state index contributed by atoms with van der Waals surface area (Å²) in [6, 6.07) is 19.8. The number of thioether (sulfide) groups is 1. The van der Waals surface area contributed by atoms with Gasteiger partial charge in [0.1, 0.15) is 0 Å². The fourth-order valence-electron chi connectivity index (χ4n) is 4.39. The summed E-state index contributed by atoms with van der Waals surface area (Å²) in [5, 5.41) is 9.71. The van der Waals surface area contributed by atoms with E-state index >= 15 is 0 Å². The van der Waals surface area contributed by atoms with Gasteiger partial charge in [-0.2, -0.15) is 0 Å². The van der Waals surface area contributed by atoms with E-state index in [-0.39, 0.29) is 5.91 Å². The molecule has 0 saturated carbocycles. The second-order valence-corrected chi connectivity index (χ2v) is 9.52. The first-order valence-corrected chi connectivity index (χ1v) is 12.9. The molecule has 2 aromatic heterocycles. The first-order chi connectivity index (χ1) is 17.2. The lowest BCUT2D eigenvalue weighted by molar-refractivity contribution is 0.0642. The maximum atomic E-state index is 13.4. The monoisotopic (exact) mass is 487 g/mol. The maximum Gasteiger partial charge on any atom is 0.254 e. The van der Waals surface area contributed by atoms with Crippen molar-refractivity contribution in [1.29, 1.82) is 0 Å². The molecule has 0 N–H and O–H groups in total. The van der Waals surface area contributed by atoms with E-state index in [0.29, 0.717) is 17.3 Å². The standard InChI is InChI=1S/C27H29N5O2S/c1-3-30-14-16-31(17-15-30)26(33)22-11-6-5-10-21(22)19-35-27-29-28-25(24-13-8-18-34-24)32(27)23-12-7-4-9-20(23)2/h4-13,18H,3,14-17,19H2,1-2H3. The van der Waals surface area contributed by atoms with Crippen LogP contribution in [0.3, 0.4) is 0 Å². The zero-order valence-corrected chi connectivity index (χ0v) is 20.9. The van der Waals surface area contributed by atoms with Gasteiger partial charge in [0, 0.05) is 37.5 Å². The highest BCUT2D eigenvalue weighted by molar-refractivity contribution is 7.98. The Kier molecular flexibility index (Phi) is 7.01. The predicted octanol–water partition coefficient (Wildman–Crippen LogP) is 4.91. The Morgan fingerprint density at radius 3 is 2.49 bits per heavy atom. The SMILES string of the molecule is CCN1CCN(C(=O)c2ccccc2CSc2nnc(-c3ccco3)n2-c2ccccc2C)CC1. The minimum absolute atomic E-state index is 0.105. The zero-order valence-electron chi connectivity index (χ0n) is 20.1. The highest BCUT2D eigenvalue weighted by Crippen LogP contribution is 2.32. The first kappa shape index (κ1) is 23.4. The topological polar surface area (TPSA) is 67.4 Å². The van der Waals surface area contributed by atoms with Crippen molar-refractivity contribution in [2.45, 2.75) is 24.8 Å². The van der Waals surface area contributed by atoms with Gasteiger partial charge in [0.25, 0.3) is 5.91 Å². The molecule has 1 amide bonds.